The molecule has 0 saturated carbocycles. The number of rotatable bonds is 4. The van der Waals surface area contributed by atoms with Crippen LogP contribution in [0.4, 0.5) is 11.4 Å². The number of nitro benzene ring substituents is 2. The number of hydrogen-bond acceptors (Lipinski definition) is 4. The molecule has 0 aliphatic carbocycles. The van der Waals surface area contributed by atoms with Gasteiger partial charge in [0.05, 0.1) is 9.85 Å². The van der Waals surface area contributed by atoms with E-state index in [4.69, 9.17) is 46.4 Å². The van der Waals surface area contributed by atoms with Gasteiger partial charge in [-0.3, -0.25) is 20.2 Å². The minimum absolute atomic E-state index is 0.0594. The summed E-state index contributed by atoms with van der Waals surface area (Å²) in [6.07, 6.45) is 0. The van der Waals surface area contributed by atoms with E-state index in [2.05, 4.69) is 0 Å². The zero-order valence-corrected chi connectivity index (χ0v) is 14.5. The Hall–Kier alpha value is -1.86. The van der Waals surface area contributed by atoms with Crippen molar-refractivity contribution >= 4 is 63.4 Å². The highest BCUT2D eigenvalue weighted by Crippen LogP contribution is 2.37. The van der Waals surface area contributed by atoms with Gasteiger partial charge < -0.3 is 0 Å². The summed E-state index contributed by atoms with van der Waals surface area (Å²) < 4.78 is -0.219. The van der Waals surface area contributed by atoms with Gasteiger partial charge in [-0.1, -0.05) is 58.5 Å². The molecule has 0 fully saturated rings. The lowest BCUT2D eigenvalue weighted by molar-refractivity contribution is -0.384. The molecule has 0 bridgehead atoms. The molecule has 0 unspecified atom stereocenters. The minimum Gasteiger partial charge on any atom is -0.258 e. The predicted octanol–water partition coefficient (Wildman–Crippen LogP) is 6.00. The number of benzene rings is 2. The Labute approximate surface area is 155 Å². The van der Waals surface area contributed by atoms with Gasteiger partial charge in [0.25, 0.3) is 11.4 Å². The monoisotopic (exact) mass is 406 g/mol. The maximum Gasteiger partial charge on any atom is 0.288 e. The van der Waals surface area contributed by atoms with E-state index >= 15 is 0 Å². The van der Waals surface area contributed by atoms with Crippen molar-refractivity contribution in [2.24, 2.45) is 0 Å². The van der Waals surface area contributed by atoms with E-state index in [1.54, 1.807) is 0 Å². The molecule has 0 amide bonds. The highest BCUT2D eigenvalue weighted by Gasteiger charge is 2.20. The van der Waals surface area contributed by atoms with Crippen molar-refractivity contribution in [3.63, 3.8) is 0 Å². The van der Waals surface area contributed by atoms with E-state index < -0.39 is 9.85 Å². The van der Waals surface area contributed by atoms with Crippen molar-refractivity contribution in [2.75, 3.05) is 0 Å². The Balaban J connectivity index is 2.67. The van der Waals surface area contributed by atoms with Crippen LogP contribution in [0.5, 0.6) is 0 Å². The first-order valence-electron chi connectivity index (χ1n) is 6.16. The van der Waals surface area contributed by atoms with Gasteiger partial charge in [0.2, 0.25) is 0 Å². The van der Waals surface area contributed by atoms with E-state index in [-0.39, 0.29) is 42.6 Å². The molecule has 0 atom stereocenters. The Bertz CT molecular complexity index is 814. The highest BCUT2D eigenvalue weighted by molar-refractivity contribution is 6.59. The second-order valence-electron chi connectivity index (χ2n) is 4.48. The van der Waals surface area contributed by atoms with Gasteiger partial charge in [0, 0.05) is 17.7 Å². The smallest absolute Gasteiger partial charge is 0.258 e. The molecule has 0 aliphatic heterocycles. The number of nitrogens with zero attached hydrogens (tertiary/aromatic N) is 2. The molecule has 2 rings (SSSR count). The SMILES string of the molecule is O=[N+]([O-])c1cc(C(=C(Cl)Cl)c2ccc(Cl)c([N+](=O)[O-])c2)ccc1Cl. The number of nitro groups is 2. The summed E-state index contributed by atoms with van der Waals surface area (Å²) in [6, 6.07) is 7.93. The second kappa shape index (κ2) is 7.36. The Morgan fingerprint density at radius 3 is 1.46 bits per heavy atom. The highest BCUT2D eigenvalue weighted by atomic mass is 35.5. The average molecular weight is 408 g/mol. The van der Waals surface area contributed by atoms with Crippen LogP contribution in [0.1, 0.15) is 11.1 Å². The van der Waals surface area contributed by atoms with Gasteiger partial charge in [0.15, 0.2) is 0 Å². The van der Waals surface area contributed by atoms with E-state index in [1.165, 1.54) is 36.4 Å². The van der Waals surface area contributed by atoms with Crippen LogP contribution in [0.3, 0.4) is 0 Å². The molecule has 0 heterocycles. The van der Waals surface area contributed by atoms with E-state index in [0.717, 1.165) is 0 Å². The quantitative estimate of drug-likeness (QED) is 0.459. The number of hydrogen-bond donors (Lipinski definition) is 0. The number of halogens is 4. The molecule has 0 saturated heterocycles. The molecule has 10 heteroatoms. The maximum absolute atomic E-state index is 11.0. The molecule has 6 nitrogen and oxygen atoms in total. The normalized spacial score (nSPS) is 10.3. The van der Waals surface area contributed by atoms with Crippen molar-refractivity contribution in [1.29, 1.82) is 0 Å². The fourth-order valence-electron chi connectivity index (χ4n) is 2.00. The standard InChI is InChI=1S/C14H6Cl4N2O4/c15-9-3-1-7(5-11(9)19(21)22)13(14(17)18)8-2-4-10(16)12(6-8)20(23)24/h1-6H. The Morgan fingerprint density at radius 2 is 1.17 bits per heavy atom. The van der Waals surface area contributed by atoms with Crippen LogP contribution in [-0.2, 0) is 0 Å². The predicted molar refractivity (Wildman–Crippen MR) is 93.9 cm³/mol. The van der Waals surface area contributed by atoms with E-state index in [1.807, 2.05) is 0 Å². The van der Waals surface area contributed by atoms with Gasteiger partial charge in [-0.25, -0.2) is 0 Å². The summed E-state index contributed by atoms with van der Waals surface area (Å²) in [7, 11) is 0. The summed E-state index contributed by atoms with van der Waals surface area (Å²) >= 11 is 23.3. The molecule has 24 heavy (non-hydrogen) atoms. The van der Waals surface area contributed by atoms with Crippen LogP contribution in [0, 0.1) is 20.2 Å². The molecule has 0 spiro atoms. The van der Waals surface area contributed by atoms with Crippen LogP contribution in [0.2, 0.25) is 10.0 Å². The third-order valence-corrected chi connectivity index (χ3v) is 4.07. The largest absolute Gasteiger partial charge is 0.288 e. The third kappa shape index (κ3) is 3.79. The van der Waals surface area contributed by atoms with Crippen molar-refractivity contribution in [3.8, 4) is 0 Å². The van der Waals surface area contributed by atoms with Crippen molar-refractivity contribution < 1.29 is 9.85 Å². The van der Waals surface area contributed by atoms with Gasteiger partial charge in [-0.15, -0.1) is 0 Å². The second-order valence-corrected chi connectivity index (χ2v) is 6.25. The van der Waals surface area contributed by atoms with E-state index in [0.29, 0.717) is 0 Å². The zero-order valence-electron chi connectivity index (χ0n) is 11.5. The molecule has 0 radical (unpaired) electrons. The average Bonchev–Trinajstić information content (AvgIpc) is 2.49. The summed E-state index contributed by atoms with van der Waals surface area (Å²) in [5.41, 5.74) is 0.0535. The first-order chi connectivity index (χ1) is 11.2. The van der Waals surface area contributed by atoms with Crippen LogP contribution in [0.15, 0.2) is 40.9 Å². The van der Waals surface area contributed by atoms with Gasteiger partial charge >= 0.3 is 0 Å². The van der Waals surface area contributed by atoms with Crippen LogP contribution >= 0.6 is 46.4 Å². The Morgan fingerprint density at radius 1 is 0.792 bits per heavy atom. The molecule has 0 aliphatic rings. The fraction of sp³-hybridized carbons (Fsp3) is 0. The first-order valence-corrected chi connectivity index (χ1v) is 7.67. The summed E-state index contributed by atoms with van der Waals surface area (Å²) in [4.78, 5) is 20.7. The molecule has 0 aromatic heterocycles. The molecule has 2 aromatic carbocycles. The molecule has 0 N–H and O–H groups in total. The zero-order chi connectivity index (χ0) is 18.0. The van der Waals surface area contributed by atoms with E-state index in [9.17, 15) is 20.2 Å². The molecule has 2 aromatic rings. The van der Waals surface area contributed by atoms with Crippen LogP contribution in [-0.4, -0.2) is 9.85 Å². The van der Waals surface area contributed by atoms with Gasteiger partial charge in [0.1, 0.15) is 14.5 Å². The Kier molecular flexibility index (Phi) is 5.66. The lowest BCUT2D eigenvalue weighted by Crippen LogP contribution is -1.96. The summed E-state index contributed by atoms with van der Waals surface area (Å²) in [5, 5.41) is 21.9. The lowest BCUT2D eigenvalue weighted by atomic mass is 9.98. The van der Waals surface area contributed by atoms with Gasteiger partial charge in [-0.05, 0) is 23.3 Å². The lowest BCUT2D eigenvalue weighted by Gasteiger charge is -2.10. The first kappa shape index (κ1) is 18.5. The van der Waals surface area contributed by atoms with Crippen molar-refractivity contribution in [1.82, 2.24) is 0 Å². The third-order valence-electron chi connectivity index (χ3n) is 3.05. The maximum atomic E-state index is 11.0. The topological polar surface area (TPSA) is 86.3 Å². The fourth-order valence-corrected chi connectivity index (χ4v) is 2.81. The molecule has 124 valence electrons. The van der Waals surface area contributed by atoms with Crippen LogP contribution < -0.4 is 0 Å². The summed E-state index contributed by atoms with van der Waals surface area (Å²) in [6.45, 7) is 0. The van der Waals surface area contributed by atoms with Crippen molar-refractivity contribution in [2.45, 2.75) is 0 Å². The van der Waals surface area contributed by atoms with Gasteiger partial charge in [-0.2, -0.15) is 0 Å². The molecular weight excluding hydrogens is 402 g/mol. The minimum atomic E-state index is -0.657. The molecular formula is C14H6Cl4N2O4. The summed E-state index contributed by atoms with van der Waals surface area (Å²) in [5.74, 6) is 0. The van der Waals surface area contributed by atoms with Crippen LogP contribution in [0.25, 0.3) is 5.57 Å². The van der Waals surface area contributed by atoms with Crippen molar-refractivity contribution in [3.05, 3.63) is 82.3 Å².